The van der Waals surface area contributed by atoms with E-state index < -0.39 is 0 Å². The molecule has 2 rings (SSSR count). The Bertz CT molecular complexity index is 229. The summed E-state index contributed by atoms with van der Waals surface area (Å²) in [6.45, 7) is 3.31. The van der Waals surface area contributed by atoms with Crippen molar-refractivity contribution >= 4 is 11.3 Å². The summed E-state index contributed by atoms with van der Waals surface area (Å²) in [6, 6.07) is 0.812. The minimum atomic E-state index is 0.575. The van der Waals surface area contributed by atoms with Gasteiger partial charge in [0, 0.05) is 30.1 Å². The smallest absolute Gasteiger partial charge is 0.0965 e. The third-order valence-corrected chi connectivity index (χ3v) is 3.17. The van der Waals surface area contributed by atoms with Crippen molar-refractivity contribution in [1.29, 1.82) is 0 Å². The highest BCUT2D eigenvalue weighted by molar-refractivity contribution is 7.09. The first-order chi connectivity index (χ1) is 5.86. The van der Waals surface area contributed by atoms with Crippen LogP contribution in [0.25, 0.3) is 0 Å². The van der Waals surface area contributed by atoms with Crippen LogP contribution in [0.4, 0.5) is 0 Å². The lowest BCUT2D eigenvalue weighted by Gasteiger charge is -2.08. The molecule has 0 amide bonds. The van der Waals surface area contributed by atoms with Gasteiger partial charge in [-0.2, -0.15) is 0 Å². The van der Waals surface area contributed by atoms with Gasteiger partial charge < -0.3 is 5.32 Å². The molecule has 1 N–H and O–H groups in total. The van der Waals surface area contributed by atoms with Crippen LogP contribution >= 0.6 is 11.3 Å². The predicted molar refractivity (Wildman–Crippen MR) is 51.6 cm³/mol. The molecular formula is C9H14N2S. The quantitative estimate of drug-likeness (QED) is 0.770. The summed E-state index contributed by atoms with van der Waals surface area (Å²) < 4.78 is 0. The molecule has 1 fully saturated rings. The third-order valence-electron chi connectivity index (χ3n) is 2.16. The molecule has 3 heteroatoms. The van der Waals surface area contributed by atoms with Gasteiger partial charge in [0.25, 0.3) is 0 Å². The van der Waals surface area contributed by atoms with Gasteiger partial charge in [0.05, 0.1) is 5.01 Å². The van der Waals surface area contributed by atoms with Gasteiger partial charge in [0.2, 0.25) is 0 Å². The summed E-state index contributed by atoms with van der Waals surface area (Å²) in [6.07, 6.45) is 4.61. The Morgan fingerprint density at radius 2 is 2.58 bits per heavy atom. The van der Waals surface area contributed by atoms with E-state index in [1.807, 2.05) is 11.6 Å². The fourth-order valence-corrected chi connectivity index (χ4v) is 1.89. The van der Waals surface area contributed by atoms with Crippen molar-refractivity contribution in [2.75, 3.05) is 6.54 Å². The Morgan fingerprint density at radius 3 is 3.17 bits per heavy atom. The molecular weight excluding hydrogens is 168 g/mol. The van der Waals surface area contributed by atoms with Gasteiger partial charge in [-0.15, -0.1) is 11.3 Å². The molecule has 0 saturated heterocycles. The molecule has 0 radical (unpaired) electrons. The van der Waals surface area contributed by atoms with E-state index >= 15 is 0 Å². The van der Waals surface area contributed by atoms with E-state index in [0.717, 1.165) is 12.6 Å². The average molecular weight is 182 g/mol. The molecule has 0 aromatic carbocycles. The first-order valence-electron chi connectivity index (χ1n) is 4.49. The zero-order valence-corrected chi connectivity index (χ0v) is 8.10. The first-order valence-corrected chi connectivity index (χ1v) is 5.37. The number of hydrogen-bond donors (Lipinski definition) is 1. The van der Waals surface area contributed by atoms with E-state index in [9.17, 15) is 0 Å². The Balaban J connectivity index is 1.79. The summed E-state index contributed by atoms with van der Waals surface area (Å²) in [5.74, 6) is 0.575. The number of rotatable bonds is 4. The zero-order valence-electron chi connectivity index (χ0n) is 7.29. The molecule has 1 aliphatic carbocycles. The highest BCUT2D eigenvalue weighted by Crippen LogP contribution is 2.21. The van der Waals surface area contributed by atoms with Gasteiger partial charge >= 0.3 is 0 Å². The Hall–Kier alpha value is -0.410. The Labute approximate surface area is 77.0 Å². The lowest BCUT2D eigenvalue weighted by molar-refractivity contribution is 0.609. The highest BCUT2D eigenvalue weighted by Gasteiger charge is 2.21. The molecule has 1 saturated carbocycles. The standard InChI is InChI=1S/C9H14N2S/c1-7(6-11-8-2-3-8)9-10-4-5-12-9/h4-5,7-8,11H,2-3,6H2,1H3. The largest absolute Gasteiger partial charge is 0.313 e. The summed E-state index contributed by atoms with van der Waals surface area (Å²) in [5.41, 5.74) is 0. The molecule has 1 unspecified atom stereocenters. The maximum absolute atomic E-state index is 4.29. The summed E-state index contributed by atoms with van der Waals surface area (Å²) in [4.78, 5) is 4.29. The molecule has 0 spiro atoms. The van der Waals surface area contributed by atoms with Crippen molar-refractivity contribution in [2.24, 2.45) is 0 Å². The van der Waals surface area contributed by atoms with Gasteiger partial charge in [0.15, 0.2) is 0 Å². The molecule has 1 aliphatic rings. The SMILES string of the molecule is CC(CNC1CC1)c1nccs1. The normalized spacial score (nSPS) is 19.4. The molecule has 1 aromatic rings. The van der Waals surface area contributed by atoms with Crippen LogP contribution in [0.2, 0.25) is 0 Å². The van der Waals surface area contributed by atoms with E-state index in [0.29, 0.717) is 5.92 Å². The van der Waals surface area contributed by atoms with Crippen LogP contribution in [0, 0.1) is 0 Å². The van der Waals surface area contributed by atoms with Gasteiger partial charge in [-0.05, 0) is 12.8 Å². The van der Waals surface area contributed by atoms with Crippen molar-refractivity contribution in [3.8, 4) is 0 Å². The highest BCUT2D eigenvalue weighted by atomic mass is 32.1. The fraction of sp³-hybridized carbons (Fsp3) is 0.667. The molecule has 0 bridgehead atoms. The van der Waals surface area contributed by atoms with E-state index in [-0.39, 0.29) is 0 Å². The van der Waals surface area contributed by atoms with Crippen LogP contribution in [0.1, 0.15) is 30.7 Å². The lowest BCUT2D eigenvalue weighted by Crippen LogP contribution is -2.21. The number of thiazole rings is 1. The van der Waals surface area contributed by atoms with Crippen LogP contribution < -0.4 is 5.32 Å². The first kappa shape index (κ1) is 8.20. The lowest BCUT2D eigenvalue weighted by atomic mass is 10.2. The summed E-state index contributed by atoms with van der Waals surface area (Å²) in [7, 11) is 0. The summed E-state index contributed by atoms with van der Waals surface area (Å²) in [5, 5.41) is 6.81. The molecule has 66 valence electrons. The van der Waals surface area contributed by atoms with Gasteiger partial charge in [-0.3, -0.25) is 0 Å². The zero-order chi connectivity index (χ0) is 8.39. The van der Waals surface area contributed by atoms with E-state index in [1.165, 1.54) is 17.8 Å². The van der Waals surface area contributed by atoms with Crippen molar-refractivity contribution in [3.63, 3.8) is 0 Å². The monoisotopic (exact) mass is 182 g/mol. The van der Waals surface area contributed by atoms with E-state index in [1.54, 1.807) is 11.3 Å². The Morgan fingerprint density at radius 1 is 1.75 bits per heavy atom. The molecule has 1 atom stereocenters. The molecule has 12 heavy (non-hydrogen) atoms. The second-order valence-electron chi connectivity index (χ2n) is 3.45. The van der Waals surface area contributed by atoms with Crippen molar-refractivity contribution in [1.82, 2.24) is 10.3 Å². The number of hydrogen-bond acceptors (Lipinski definition) is 3. The van der Waals surface area contributed by atoms with Crippen LogP contribution in [-0.2, 0) is 0 Å². The van der Waals surface area contributed by atoms with Crippen LogP contribution in [0.15, 0.2) is 11.6 Å². The molecule has 1 heterocycles. The fourth-order valence-electron chi connectivity index (χ4n) is 1.20. The van der Waals surface area contributed by atoms with Crippen molar-refractivity contribution < 1.29 is 0 Å². The molecule has 0 aliphatic heterocycles. The average Bonchev–Trinajstić information content (AvgIpc) is 2.74. The predicted octanol–water partition coefficient (Wildman–Crippen LogP) is 2.00. The maximum Gasteiger partial charge on any atom is 0.0965 e. The number of nitrogens with one attached hydrogen (secondary N) is 1. The molecule has 2 nitrogen and oxygen atoms in total. The van der Waals surface area contributed by atoms with E-state index in [4.69, 9.17) is 0 Å². The summed E-state index contributed by atoms with van der Waals surface area (Å²) >= 11 is 1.75. The maximum atomic E-state index is 4.29. The number of nitrogens with zero attached hydrogens (tertiary/aromatic N) is 1. The van der Waals surface area contributed by atoms with Crippen LogP contribution in [0.5, 0.6) is 0 Å². The topological polar surface area (TPSA) is 24.9 Å². The minimum absolute atomic E-state index is 0.575. The van der Waals surface area contributed by atoms with Gasteiger partial charge in [-0.25, -0.2) is 4.98 Å². The minimum Gasteiger partial charge on any atom is -0.313 e. The van der Waals surface area contributed by atoms with Crippen molar-refractivity contribution in [2.45, 2.75) is 31.7 Å². The van der Waals surface area contributed by atoms with Crippen molar-refractivity contribution in [3.05, 3.63) is 16.6 Å². The third kappa shape index (κ3) is 2.05. The van der Waals surface area contributed by atoms with Gasteiger partial charge in [0.1, 0.15) is 0 Å². The number of aromatic nitrogens is 1. The van der Waals surface area contributed by atoms with Crippen LogP contribution in [-0.4, -0.2) is 17.6 Å². The molecule has 1 aromatic heterocycles. The second-order valence-corrected chi connectivity index (χ2v) is 4.38. The Kier molecular flexibility index (Phi) is 2.42. The second kappa shape index (κ2) is 3.54. The van der Waals surface area contributed by atoms with Crippen LogP contribution in [0.3, 0.4) is 0 Å². The van der Waals surface area contributed by atoms with Gasteiger partial charge in [-0.1, -0.05) is 6.92 Å². The van der Waals surface area contributed by atoms with E-state index in [2.05, 4.69) is 17.2 Å².